The lowest BCUT2D eigenvalue weighted by molar-refractivity contribution is -0.140. The van der Waals surface area contributed by atoms with Gasteiger partial charge < -0.3 is 10.1 Å². The van der Waals surface area contributed by atoms with Crippen molar-refractivity contribution in [3.8, 4) is 5.75 Å². The molecule has 5 nitrogen and oxygen atoms in total. The number of benzene rings is 1. The van der Waals surface area contributed by atoms with Crippen LogP contribution in [0.25, 0.3) is 0 Å². The molecule has 1 aliphatic heterocycles. The molecule has 2 atom stereocenters. The molecule has 2 rings (SSSR count). The number of carbonyl (C=O) groups is 2. The molecule has 6 heteroatoms. The molecule has 1 saturated heterocycles. The summed E-state index contributed by atoms with van der Waals surface area (Å²) in [6.45, 7) is 3.85. The van der Waals surface area contributed by atoms with Crippen LogP contribution in [0.5, 0.6) is 5.75 Å². The summed E-state index contributed by atoms with van der Waals surface area (Å²) in [5, 5.41) is 3.12. The van der Waals surface area contributed by atoms with Crippen molar-refractivity contribution in [2.24, 2.45) is 0 Å². The van der Waals surface area contributed by atoms with E-state index in [0.29, 0.717) is 5.75 Å². The molecule has 0 spiro atoms. The average Bonchev–Trinajstić information content (AvgIpc) is 2.74. The van der Waals surface area contributed by atoms with Crippen LogP contribution in [-0.2, 0) is 9.59 Å². The largest absolute Gasteiger partial charge is 0.495 e. The number of halogens is 1. The van der Waals surface area contributed by atoms with Crippen LogP contribution in [0, 0.1) is 0 Å². The van der Waals surface area contributed by atoms with Crippen molar-refractivity contribution < 1.29 is 14.3 Å². The third-order valence-corrected chi connectivity index (χ3v) is 4.36. The number of rotatable bonds is 5. The molecule has 1 N–H and O–H groups in total. The lowest BCUT2D eigenvalue weighted by Crippen LogP contribution is -2.40. The second-order valence-electron chi connectivity index (χ2n) is 5.11. The SMILES string of the molecule is CCC(C)N1C(=O)CC(Nc2ccc(Br)c(OC)c2)C1=O. The number of hydrogen-bond donors (Lipinski definition) is 1. The molecule has 114 valence electrons. The second kappa shape index (κ2) is 6.47. The lowest BCUT2D eigenvalue weighted by Gasteiger charge is -2.22. The van der Waals surface area contributed by atoms with E-state index in [1.807, 2.05) is 26.0 Å². The van der Waals surface area contributed by atoms with Crippen molar-refractivity contribution in [3.63, 3.8) is 0 Å². The Morgan fingerprint density at radius 1 is 1.48 bits per heavy atom. The summed E-state index contributed by atoms with van der Waals surface area (Å²) in [5.41, 5.74) is 0.757. The van der Waals surface area contributed by atoms with E-state index in [-0.39, 0.29) is 24.3 Å². The van der Waals surface area contributed by atoms with Gasteiger partial charge in [0.25, 0.3) is 5.91 Å². The topological polar surface area (TPSA) is 58.6 Å². The van der Waals surface area contributed by atoms with Gasteiger partial charge in [-0.05, 0) is 41.4 Å². The van der Waals surface area contributed by atoms with Crippen molar-refractivity contribution in [3.05, 3.63) is 22.7 Å². The zero-order chi connectivity index (χ0) is 15.6. The first-order valence-electron chi connectivity index (χ1n) is 6.93. The minimum Gasteiger partial charge on any atom is -0.495 e. The van der Waals surface area contributed by atoms with Crippen LogP contribution < -0.4 is 10.1 Å². The average molecular weight is 355 g/mol. The van der Waals surface area contributed by atoms with Gasteiger partial charge in [0.2, 0.25) is 5.91 Å². The van der Waals surface area contributed by atoms with Crippen LogP contribution in [0.2, 0.25) is 0 Å². The molecular weight excluding hydrogens is 336 g/mol. The molecule has 1 aromatic rings. The monoisotopic (exact) mass is 354 g/mol. The van der Waals surface area contributed by atoms with Crippen LogP contribution in [0.1, 0.15) is 26.7 Å². The maximum absolute atomic E-state index is 12.3. The van der Waals surface area contributed by atoms with E-state index in [2.05, 4.69) is 21.2 Å². The summed E-state index contributed by atoms with van der Waals surface area (Å²) < 4.78 is 6.06. The smallest absolute Gasteiger partial charge is 0.252 e. The highest BCUT2D eigenvalue weighted by Crippen LogP contribution is 2.29. The third kappa shape index (κ3) is 3.20. The van der Waals surface area contributed by atoms with Crippen molar-refractivity contribution in [1.29, 1.82) is 0 Å². The van der Waals surface area contributed by atoms with Gasteiger partial charge in [-0.1, -0.05) is 6.92 Å². The molecule has 2 unspecified atom stereocenters. The lowest BCUT2D eigenvalue weighted by atomic mass is 10.2. The molecule has 1 fully saturated rings. The van der Waals surface area contributed by atoms with Gasteiger partial charge in [0.1, 0.15) is 11.8 Å². The Labute approximate surface area is 132 Å². The summed E-state index contributed by atoms with van der Waals surface area (Å²) in [4.78, 5) is 25.7. The number of ether oxygens (including phenoxy) is 1. The predicted molar refractivity (Wildman–Crippen MR) is 84.3 cm³/mol. The first-order valence-corrected chi connectivity index (χ1v) is 7.73. The Bertz CT molecular complexity index is 562. The van der Waals surface area contributed by atoms with Crippen molar-refractivity contribution in [2.75, 3.05) is 12.4 Å². The number of amides is 2. The minimum absolute atomic E-state index is 0.0590. The zero-order valence-electron chi connectivity index (χ0n) is 12.4. The van der Waals surface area contributed by atoms with Crippen LogP contribution >= 0.6 is 15.9 Å². The number of imide groups is 1. The molecule has 0 aliphatic carbocycles. The highest BCUT2D eigenvalue weighted by atomic mass is 79.9. The van der Waals surface area contributed by atoms with Gasteiger partial charge in [-0.15, -0.1) is 0 Å². The van der Waals surface area contributed by atoms with Crippen molar-refractivity contribution in [1.82, 2.24) is 4.90 Å². The summed E-state index contributed by atoms with van der Waals surface area (Å²) >= 11 is 3.38. The molecule has 21 heavy (non-hydrogen) atoms. The first-order chi connectivity index (χ1) is 9.97. The molecule has 0 radical (unpaired) electrons. The maximum atomic E-state index is 12.3. The summed E-state index contributed by atoms with van der Waals surface area (Å²) in [6, 6.07) is 4.92. The number of hydrogen-bond acceptors (Lipinski definition) is 4. The summed E-state index contributed by atoms with van der Waals surface area (Å²) in [7, 11) is 1.58. The highest BCUT2D eigenvalue weighted by molar-refractivity contribution is 9.10. The fourth-order valence-corrected chi connectivity index (χ4v) is 2.77. The van der Waals surface area contributed by atoms with Gasteiger partial charge in [0.05, 0.1) is 18.0 Å². The quantitative estimate of drug-likeness (QED) is 0.826. The van der Waals surface area contributed by atoms with Gasteiger partial charge in [0.15, 0.2) is 0 Å². The Morgan fingerprint density at radius 2 is 2.19 bits per heavy atom. The molecule has 1 heterocycles. The van der Waals surface area contributed by atoms with E-state index in [4.69, 9.17) is 4.74 Å². The van der Waals surface area contributed by atoms with Gasteiger partial charge in [-0.2, -0.15) is 0 Å². The Hall–Kier alpha value is -1.56. The number of methoxy groups -OCH3 is 1. The first kappa shape index (κ1) is 15.8. The number of nitrogens with zero attached hydrogens (tertiary/aromatic N) is 1. The molecule has 1 aliphatic rings. The van der Waals surface area contributed by atoms with E-state index < -0.39 is 6.04 Å². The fourth-order valence-electron chi connectivity index (χ4n) is 2.36. The van der Waals surface area contributed by atoms with Crippen molar-refractivity contribution in [2.45, 2.75) is 38.8 Å². The minimum atomic E-state index is -0.502. The van der Waals surface area contributed by atoms with Crippen molar-refractivity contribution >= 4 is 33.4 Å². The van der Waals surface area contributed by atoms with E-state index in [1.54, 1.807) is 13.2 Å². The number of anilines is 1. The maximum Gasteiger partial charge on any atom is 0.252 e. The Morgan fingerprint density at radius 3 is 2.81 bits per heavy atom. The standard InChI is InChI=1S/C15H19BrN2O3/c1-4-9(2)18-14(19)8-12(15(18)20)17-10-5-6-11(16)13(7-10)21-3/h5-7,9,12,17H,4,8H2,1-3H3. The Kier molecular flexibility index (Phi) is 4.88. The van der Waals surface area contributed by atoms with Crippen LogP contribution in [-0.4, -0.2) is 35.9 Å². The summed E-state index contributed by atoms with van der Waals surface area (Å²) in [6.07, 6.45) is 0.956. The number of likely N-dealkylation sites (tertiary alicyclic amines) is 1. The van der Waals surface area contributed by atoms with E-state index >= 15 is 0 Å². The molecule has 0 bridgehead atoms. The van der Waals surface area contributed by atoms with Crippen LogP contribution in [0.15, 0.2) is 22.7 Å². The predicted octanol–water partition coefficient (Wildman–Crippen LogP) is 2.80. The fraction of sp³-hybridized carbons (Fsp3) is 0.467. The van der Waals surface area contributed by atoms with Gasteiger partial charge >= 0.3 is 0 Å². The van der Waals surface area contributed by atoms with Gasteiger partial charge in [0, 0.05) is 17.8 Å². The number of nitrogens with one attached hydrogen (secondary N) is 1. The Balaban J connectivity index is 2.14. The molecule has 1 aromatic carbocycles. The van der Waals surface area contributed by atoms with Gasteiger partial charge in [-0.25, -0.2) is 0 Å². The van der Waals surface area contributed by atoms with E-state index in [0.717, 1.165) is 16.6 Å². The van der Waals surface area contributed by atoms with E-state index in [9.17, 15) is 9.59 Å². The molecule has 0 saturated carbocycles. The summed E-state index contributed by atoms with van der Waals surface area (Å²) in [5.74, 6) is 0.405. The van der Waals surface area contributed by atoms with Gasteiger partial charge in [-0.3, -0.25) is 14.5 Å². The molecular formula is C15H19BrN2O3. The highest BCUT2D eigenvalue weighted by Gasteiger charge is 2.40. The second-order valence-corrected chi connectivity index (χ2v) is 5.96. The number of carbonyl (C=O) groups excluding carboxylic acids is 2. The van der Waals surface area contributed by atoms with E-state index in [1.165, 1.54) is 4.90 Å². The molecule has 0 aromatic heterocycles. The van der Waals surface area contributed by atoms with Crippen LogP contribution in [0.3, 0.4) is 0 Å². The zero-order valence-corrected chi connectivity index (χ0v) is 13.9. The molecule has 2 amide bonds. The normalized spacial score (nSPS) is 19.8. The third-order valence-electron chi connectivity index (χ3n) is 3.71. The van der Waals surface area contributed by atoms with Crippen LogP contribution in [0.4, 0.5) is 5.69 Å².